The Morgan fingerprint density at radius 2 is 1.41 bits per heavy atom. The van der Waals surface area contributed by atoms with Crippen LogP contribution < -0.4 is 19.8 Å². The average molecular weight is 787 g/mol. The van der Waals surface area contributed by atoms with Crippen molar-refractivity contribution < 1.29 is 9.47 Å². The third-order valence-electron chi connectivity index (χ3n) is 16.2. The Hall–Kier alpha value is -6.46. The van der Waals surface area contributed by atoms with E-state index in [2.05, 4.69) is 168 Å². The van der Waals surface area contributed by atoms with Gasteiger partial charge in [-0.3, -0.25) is 0 Å². The van der Waals surface area contributed by atoms with Gasteiger partial charge in [-0.2, -0.15) is 0 Å². The summed E-state index contributed by atoms with van der Waals surface area (Å²) in [6, 6.07) is 29.8. The van der Waals surface area contributed by atoms with E-state index in [0.717, 1.165) is 72.9 Å². The summed E-state index contributed by atoms with van der Waals surface area (Å²) >= 11 is 0. The maximum Gasteiger partial charge on any atom is 0.260 e. The van der Waals surface area contributed by atoms with E-state index in [1.165, 1.54) is 72.1 Å². The van der Waals surface area contributed by atoms with Crippen molar-refractivity contribution in [3.8, 4) is 17.2 Å². The van der Waals surface area contributed by atoms with Crippen LogP contribution in [-0.2, 0) is 11.8 Å². The van der Waals surface area contributed by atoms with Gasteiger partial charge in [-0.15, -0.1) is 0 Å². The van der Waals surface area contributed by atoms with E-state index < -0.39 is 0 Å². The van der Waals surface area contributed by atoms with Crippen molar-refractivity contribution in [3.63, 3.8) is 0 Å². The lowest BCUT2D eigenvalue weighted by Gasteiger charge is -2.54. The highest BCUT2D eigenvalue weighted by atomic mass is 16.5. The van der Waals surface area contributed by atoms with Crippen LogP contribution >= 0.6 is 0 Å². The normalized spacial score (nSPS) is 28.2. The summed E-state index contributed by atoms with van der Waals surface area (Å²) in [6.45, 7) is 2.42. The smallest absolute Gasteiger partial charge is 0.260 e. The second-order valence-electron chi connectivity index (χ2n) is 18.8. The quantitative estimate of drug-likeness (QED) is 0.167. The highest BCUT2D eigenvalue weighted by Gasteiger charge is 2.64. The molecule has 1 spiro atoms. The standard InChI is InChI=1S/C56H43BN2O2/c1-55-31-13-12-21-38(55)37-20-6-11-28-45(37)59(55)47-32-46(58-43-26-9-4-18-35(43)36-19-5-10-27-44(36)58)53-52-54(47)61-49-30-15-25-42-51(49)57(52)50-41(24-14-29-48(50)60-53)56(42)39-22-7-2-16-33(39)34-17-3-8-23-40(34)56/h2-4,6-13,16-18,20-28,31-33,38-39H,5,14-15,19,29-30H2,1H3/t33-,38?,39?,55?,56?/m0/s1. The zero-order valence-electron chi connectivity index (χ0n) is 34.2. The summed E-state index contributed by atoms with van der Waals surface area (Å²) < 4.78 is 17.9. The number of aromatic nitrogens is 1. The number of hydrogen-bond acceptors (Lipinski definition) is 3. The Kier molecular flexibility index (Phi) is 6.26. The minimum atomic E-state index is -0.343. The Balaban J connectivity index is 1.07. The molecular formula is C56H43BN2O2. The Labute approximate surface area is 356 Å². The van der Waals surface area contributed by atoms with Crippen LogP contribution in [0.2, 0.25) is 0 Å². The van der Waals surface area contributed by atoms with E-state index in [4.69, 9.17) is 9.47 Å². The molecule has 5 atom stereocenters. The van der Waals surface area contributed by atoms with Crippen LogP contribution in [0.25, 0.3) is 22.7 Å². The molecule has 4 aliphatic heterocycles. The van der Waals surface area contributed by atoms with Gasteiger partial charge in [0.25, 0.3) is 6.71 Å². The first kappa shape index (κ1) is 33.3. The fraction of sp³-hybridized carbons (Fsp3) is 0.214. The predicted octanol–water partition coefficient (Wildman–Crippen LogP) is 12.0. The van der Waals surface area contributed by atoms with Crippen molar-refractivity contribution in [2.24, 2.45) is 5.92 Å². The van der Waals surface area contributed by atoms with Crippen LogP contribution in [0.15, 0.2) is 179 Å². The first-order chi connectivity index (χ1) is 30.2. The van der Waals surface area contributed by atoms with Crippen LogP contribution in [0.4, 0.5) is 11.4 Å². The molecular weight excluding hydrogens is 743 g/mol. The van der Waals surface area contributed by atoms with Gasteiger partial charge in [-0.05, 0) is 101 Å². The molecule has 1 fully saturated rings. The highest BCUT2D eigenvalue weighted by molar-refractivity contribution is 6.90. The molecule has 10 aliphatic rings. The van der Waals surface area contributed by atoms with Gasteiger partial charge in [0.15, 0.2) is 0 Å². The summed E-state index contributed by atoms with van der Waals surface area (Å²) in [5.41, 5.74) is 17.8. The molecule has 1 aromatic heterocycles. The molecule has 5 heteroatoms. The van der Waals surface area contributed by atoms with Crippen molar-refractivity contribution in [1.29, 1.82) is 0 Å². The van der Waals surface area contributed by atoms with Crippen molar-refractivity contribution in [2.75, 3.05) is 4.90 Å². The largest absolute Gasteiger partial charge is 0.460 e. The van der Waals surface area contributed by atoms with Crippen molar-refractivity contribution in [1.82, 2.24) is 4.57 Å². The van der Waals surface area contributed by atoms with E-state index >= 15 is 0 Å². The third kappa shape index (κ3) is 3.84. The molecule has 61 heavy (non-hydrogen) atoms. The molecule has 5 aromatic rings. The van der Waals surface area contributed by atoms with Crippen molar-refractivity contribution >= 4 is 40.5 Å². The van der Waals surface area contributed by atoms with Gasteiger partial charge in [-0.1, -0.05) is 127 Å². The fourth-order valence-electron chi connectivity index (χ4n) is 14.0. The number of fused-ring (bicyclic) bond motifs is 13. The number of hydrogen-bond donors (Lipinski definition) is 0. The third-order valence-corrected chi connectivity index (χ3v) is 16.2. The summed E-state index contributed by atoms with van der Waals surface area (Å²) in [7, 11) is 0. The van der Waals surface area contributed by atoms with Gasteiger partial charge in [0.1, 0.15) is 23.0 Å². The number of rotatable bonds is 2. The summed E-state index contributed by atoms with van der Waals surface area (Å²) in [4.78, 5) is 2.62. The molecule has 0 amide bonds. The SMILES string of the molecule is CC12C=CC=CC1c1ccccc1N2c1cc(-n2c3c(c4ccccc42)CCC=C3)c2c3c1OC1=C4B3C3=C(CCC=C3C3(C4=CCC1)c1ccccc1[C@@H]1C=CC=CC13)O2. The lowest BCUT2D eigenvalue weighted by atomic mass is 9.25. The zero-order valence-corrected chi connectivity index (χ0v) is 34.2. The maximum atomic E-state index is 7.72. The van der Waals surface area contributed by atoms with Crippen molar-refractivity contribution in [2.45, 2.75) is 68.2 Å². The lowest BCUT2D eigenvalue weighted by molar-refractivity contribution is 0.359. The molecule has 5 heterocycles. The summed E-state index contributed by atoms with van der Waals surface area (Å²) in [5, 5.41) is 1.33. The number of benzene rings is 4. The monoisotopic (exact) mass is 786 g/mol. The van der Waals surface area contributed by atoms with Gasteiger partial charge in [-0.25, -0.2) is 0 Å². The molecule has 292 valence electrons. The molecule has 4 nitrogen and oxygen atoms in total. The molecule has 4 unspecified atom stereocenters. The van der Waals surface area contributed by atoms with Gasteiger partial charge >= 0.3 is 0 Å². The van der Waals surface area contributed by atoms with Crippen LogP contribution in [0.5, 0.6) is 11.5 Å². The Morgan fingerprint density at radius 3 is 2.26 bits per heavy atom. The molecule has 1 saturated heterocycles. The number of ether oxygens (including phenoxy) is 2. The molecule has 0 bridgehead atoms. The highest BCUT2D eigenvalue weighted by Crippen LogP contribution is 2.69. The summed E-state index contributed by atoms with van der Waals surface area (Å²) in [5.74, 6) is 4.98. The average Bonchev–Trinajstić information content (AvgIpc) is 3.90. The van der Waals surface area contributed by atoms with Gasteiger partial charge in [0, 0.05) is 52.8 Å². The molecule has 15 rings (SSSR count). The van der Waals surface area contributed by atoms with Gasteiger partial charge in [0.05, 0.1) is 27.8 Å². The van der Waals surface area contributed by atoms with Crippen molar-refractivity contribution in [3.05, 3.63) is 207 Å². The van der Waals surface area contributed by atoms with Gasteiger partial charge < -0.3 is 18.9 Å². The molecule has 6 aliphatic carbocycles. The van der Waals surface area contributed by atoms with Crippen LogP contribution in [-0.4, -0.2) is 16.8 Å². The zero-order chi connectivity index (χ0) is 39.8. The number of nitrogens with zero attached hydrogens (tertiary/aromatic N) is 2. The second kappa shape index (κ2) is 11.5. The Morgan fingerprint density at radius 1 is 0.689 bits per heavy atom. The second-order valence-corrected chi connectivity index (χ2v) is 18.8. The first-order valence-electron chi connectivity index (χ1n) is 22.6. The van der Waals surface area contributed by atoms with E-state index in [9.17, 15) is 0 Å². The predicted molar refractivity (Wildman–Crippen MR) is 247 cm³/mol. The lowest BCUT2D eigenvalue weighted by Crippen LogP contribution is -2.57. The van der Waals surface area contributed by atoms with E-state index in [-0.39, 0.29) is 29.5 Å². The van der Waals surface area contributed by atoms with E-state index in [0.29, 0.717) is 5.92 Å². The first-order valence-corrected chi connectivity index (χ1v) is 22.6. The van der Waals surface area contributed by atoms with Gasteiger partial charge in [0.2, 0.25) is 0 Å². The molecule has 4 aromatic carbocycles. The minimum absolute atomic E-state index is 0.00527. The Bertz CT molecular complexity index is 3210. The molecule has 0 saturated carbocycles. The number of aryl methyl sites for hydroxylation is 1. The number of para-hydroxylation sites is 2. The summed E-state index contributed by atoms with van der Waals surface area (Å²) in [6.07, 6.45) is 34.5. The van der Waals surface area contributed by atoms with Crippen LogP contribution in [0.3, 0.4) is 0 Å². The fourth-order valence-corrected chi connectivity index (χ4v) is 14.0. The van der Waals surface area contributed by atoms with E-state index in [1.54, 1.807) is 0 Å². The van der Waals surface area contributed by atoms with E-state index in [1.807, 2.05) is 0 Å². The molecule has 0 radical (unpaired) electrons. The number of allylic oxidation sites excluding steroid dienone is 15. The minimum Gasteiger partial charge on any atom is -0.460 e. The van der Waals surface area contributed by atoms with Crippen LogP contribution in [0, 0.1) is 5.92 Å². The molecule has 0 N–H and O–H groups in total. The number of anilines is 2. The maximum absolute atomic E-state index is 7.72. The van der Waals surface area contributed by atoms with Crippen LogP contribution in [0.1, 0.15) is 78.8 Å². The topological polar surface area (TPSA) is 26.6 Å².